The second-order valence-electron chi connectivity index (χ2n) is 2.70. The van der Waals surface area contributed by atoms with Crippen LogP contribution in [0.25, 0.3) is 0 Å². The minimum absolute atomic E-state index is 0.120. The fourth-order valence-corrected chi connectivity index (χ4v) is 3.57. The highest BCUT2D eigenvalue weighted by Gasteiger charge is 2.14. The standard InChI is InChI=1S/C9H10N3S2/c10-9-12-11-7-14(9)13-6-8-4-2-1-3-5-8/h1-5,7H,6H2,(H2,10,12)/q+1. The lowest BCUT2D eigenvalue weighted by Crippen LogP contribution is -1.82. The molecule has 1 heterocycles. The van der Waals surface area contributed by atoms with Crippen LogP contribution in [0.15, 0.2) is 35.8 Å². The van der Waals surface area contributed by atoms with Gasteiger partial charge in [-0.05, 0) is 5.56 Å². The first kappa shape index (κ1) is 9.48. The average molecular weight is 224 g/mol. The first-order valence-corrected chi connectivity index (χ1v) is 6.92. The summed E-state index contributed by atoms with van der Waals surface area (Å²) in [5, 5.41) is 8.20. The molecule has 3 nitrogen and oxygen atoms in total. The molecule has 2 aromatic rings. The number of benzene rings is 1. The maximum atomic E-state index is 5.66. The van der Waals surface area contributed by atoms with Gasteiger partial charge in [-0.15, -0.1) is 0 Å². The second-order valence-corrected chi connectivity index (χ2v) is 6.24. The summed E-state index contributed by atoms with van der Waals surface area (Å²) in [4.78, 5) is 0. The molecule has 0 aliphatic heterocycles. The predicted octanol–water partition coefficient (Wildman–Crippen LogP) is 2.50. The zero-order valence-electron chi connectivity index (χ0n) is 7.46. The summed E-state index contributed by atoms with van der Waals surface area (Å²) in [5.41, 5.74) is 8.77. The number of anilines is 1. The summed E-state index contributed by atoms with van der Waals surface area (Å²) in [6.07, 6.45) is 0. The Hall–Kier alpha value is -1.07. The summed E-state index contributed by atoms with van der Waals surface area (Å²) < 4.78 is 0. The Morgan fingerprint density at radius 1 is 1.29 bits per heavy atom. The largest absolute Gasteiger partial charge is 0.370 e. The van der Waals surface area contributed by atoms with Gasteiger partial charge in [0.2, 0.25) is 0 Å². The Kier molecular flexibility index (Phi) is 3.00. The van der Waals surface area contributed by atoms with Crippen molar-refractivity contribution in [3.63, 3.8) is 0 Å². The van der Waals surface area contributed by atoms with Crippen LogP contribution in [0.4, 0.5) is 5.13 Å². The molecule has 72 valence electrons. The van der Waals surface area contributed by atoms with Crippen LogP contribution in [0.1, 0.15) is 5.56 Å². The van der Waals surface area contributed by atoms with Crippen molar-refractivity contribution in [3.05, 3.63) is 41.4 Å². The van der Waals surface area contributed by atoms with E-state index in [4.69, 9.17) is 5.73 Å². The lowest BCUT2D eigenvalue weighted by atomic mass is 10.2. The number of rotatable bonds is 3. The van der Waals surface area contributed by atoms with Crippen molar-refractivity contribution in [3.8, 4) is 0 Å². The Morgan fingerprint density at radius 3 is 2.71 bits per heavy atom. The maximum Gasteiger partial charge on any atom is 0.370 e. The molecule has 1 atom stereocenters. The summed E-state index contributed by atoms with van der Waals surface area (Å²) in [5.74, 6) is 0.951. The van der Waals surface area contributed by atoms with Crippen LogP contribution >= 0.6 is 20.3 Å². The van der Waals surface area contributed by atoms with Gasteiger partial charge in [-0.3, -0.25) is 0 Å². The second kappa shape index (κ2) is 4.43. The van der Waals surface area contributed by atoms with Gasteiger partial charge in [-0.25, -0.2) is 0 Å². The average Bonchev–Trinajstić information content (AvgIpc) is 2.63. The van der Waals surface area contributed by atoms with Crippen molar-refractivity contribution in [2.24, 2.45) is 0 Å². The normalized spacial score (nSPS) is 11.6. The Bertz CT molecular complexity index is 399. The molecule has 0 bridgehead atoms. The number of aromatic nitrogens is 2. The van der Waals surface area contributed by atoms with Crippen LogP contribution in [0.3, 0.4) is 0 Å². The van der Waals surface area contributed by atoms with Gasteiger partial charge in [0.1, 0.15) is 20.3 Å². The van der Waals surface area contributed by atoms with Crippen LogP contribution in [-0.4, -0.2) is 10.2 Å². The van der Waals surface area contributed by atoms with E-state index in [1.54, 1.807) is 10.8 Å². The van der Waals surface area contributed by atoms with Gasteiger partial charge >= 0.3 is 5.13 Å². The van der Waals surface area contributed by atoms with Crippen molar-refractivity contribution in [1.29, 1.82) is 0 Å². The van der Waals surface area contributed by atoms with Gasteiger partial charge in [0.25, 0.3) is 5.51 Å². The fourth-order valence-electron chi connectivity index (χ4n) is 1.01. The fraction of sp³-hybridized carbons (Fsp3) is 0.111. The maximum absolute atomic E-state index is 5.66. The highest BCUT2D eigenvalue weighted by molar-refractivity contribution is 8.45. The summed E-state index contributed by atoms with van der Waals surface area (Å²) in [6, 6.07) is 10.3. The lowest BCUT2D eigenvalue weighted by Gasteiger charge is -1.92. The predicted molar refractivity (Wildman–Crippen MR) is 62.1 cm³/mol. The molecule has 0 saturated carbocycles. The first-order valence-electron chi connectivity index (χ1n) is 4.13. The number of nitrogens with zero attached hydrogens (tertiary/aromatic N) is 2. The number of nitrogen functional groups attached to an aromatic ring is 1. The van der Waals surface area contributed by atoms with E-state index in [0.717, 1.165) is 5.75 Å². The molecular formula is C9H10N3S2+. The Morgan fingerprint density at radius 2 is 2.07 bits per heavy atom. The highest BCUT2D eigenvalue weighted by atomic mass is 33.1. The van der Waals surface area contributed by atoms with Crippen LogP contribution in [-0.2, 0) is 5.75 Å². The van der Waals surface area contributed by atoms with Gasteiger partial charge in [0, 0.05) is 0 Å². The monoisotopic (exact) mass is 224 g/mol. The highest BCUT2D eigenvalue weighted by Crippen LogP contribution is 2.38. The number of nitrogens with two attached hydrogens (primary N) is 1. The van der Waals surface area contributed by atoms with E-state index in [9.17, 15) is 0 Å². The van der Waals surface area contributed by atoms with E-state index in [-0.39, 0.29) is 9.50 Å². The Labute approximate surface area is 88.7 Å². The lowest BCUT2D eigenvalue weighted by molar-refractivity contribution is 1.10. The number of hydrogen-bond donors (Lipinski definition) is 1. The number of hydrogen-bond acceptors (Lipinski definition) is 4. The first-order chi connectivity index (χ1) is 6.86. The third kappa shape index (κ3) is 2.24. The molecule has 14 heavy (non-hydrogen) atoms. The topological polar surface area (TPSA) is 51.8 Å². The molecule has 2 N–H and O–H groups in total. The van der Waals surface area contributed by atoms with Gasteiger partial charge in [-0.2, -0.15) is 0 Å². The van der Waals surface area contributed by atoms with E-state index in [2.05, 4.69) is 22.3 Å². The molecule has 0 saturated heterocycles. The van der Waals surface area contributed by atoms with Crippen molar-refractivity contribution < 1.29 is 0 Å². The smallest absolute Gasteiger partial charge is 0.337 e. The minimum atomic E-state index is -0.120. The van der Waals surface area contributed by atoms with Crippen molar-refractivity contribution in [2.75, 3.05) is 5.73 Å². The summed E-state index contributed by atoms with van der Waals surface area (Å²) in [6.45, 7) is 0. The SMILES string of the molecule is Nc1nnc[s+]1SCc1ccccc1. The molecule has 1 aromatic heterocycles. The van der Waals surface area contributed by atoms with Gasteiger partial charge in [0.15, 0.2) is 0 Å². The van der Waals surface area contributed by atoms with E-state index >= 15 is 0 Å². The molecule has 1 unspecified atom stereocenters. The van der Waals surface area contributed by atoms with E-state index in [1.165, 1.54) is 5.56 Å². The Balaban J connectivity index is 1.99. The molecule has 1 aromatic carbocycles. The van der Waals surface area contributed by atoms with Crippen molar-refractivity contribution in [1.82, 2.24) is 10.2 Å². The minimum Gasteiger partial charge on any atom is -0.337 e. The zero-order valence-corrected chi connectivity index (χ0v) is 9.09. The molecular weight excluding hydrogens is 214 g/mol. The quantitative estimate of drug-likeness (QED) is 0.643. The van der Waals surface area contributed by atoms with E-state index < -0.39 is 0 Å². The van der Waals surface area contributed by atoms with E-state index in [1.807, 2.05) is 23.7 Å². The van der Waals surface area contributed by atoms with Crippen LogP contribution < -0.4 is 5.73 Å². The zero-order chi connectivity index (χ0) is 9.80. The molecule has 0 aliphatic rings. The van der Waals surface area contributed by atoms with Crippen LogP contribution in [0, 0.1) is 0 Å². The molecule has 0 spiro atoms. The third-order valence-electron chi connectivity index (χ3n) is 1.70. The molecule has 0 aliphatic carbocycles. The van der Waals surface area contributed by atoms with Crippen LogP contribution in [0.2, 0.25) is 0 Å². The van der Waals surface area contributed by atoms with Crippen LogP contribution in [0.5, 0.6) is 0 Å². The van der Waals surface area contributed by atoms with Crippen molar-refractivity contribution >= 4 is 25.4 Å². The molecule has 5 heteroatoms. The van der Waals surface area contributed by atoms with Gasteiger partial charge in [0.05, 0.1) is 5.75 Å². The van der Waals surface area contributed by atoms with Crippen molar-refractivity contribution in [2.45, 2.75) is 5.75 Å². The summed E-state index contributed by atoms with van der Waals surface area (Å²) >= 11 is 0. The molecule has 0 radical (unpaired) electrons. The van der Waals surface area contributed by atoms with E-state index in [0.29, 0.717) is 5.13 Å². The molecule has 2 rings (SSSR count). The molecule has 0 fully saturated rings. The van der Waals surface area contributed by atoms with Gasteiger partial charge in [-0.1, -0.05) is 40.5 Å². The van der Waals surface area contributed by atoms with Gasteiger partial charge < -0.3 is 5.73 Å². The molecule has 0 amide bonds. The summed E-state index contributed by atoms with van der Waals surface area (Å²) in [7, 11) is 1.65. The third-order valence-corrected chi connectivity index (χ3v) is 5.07.